The van der Waals surface area contributed by atoms with Gasteiger partial charge < -0.3 is 18.9 Å². The topological polar surface area (TPSA) is 43.4 Å². The molecule has 1 aliphatic heterocycles. The normalized spacial score (nSPS) is 15.6. The minimum absolute atomic E-state index is 0.598. The smallest absolute Gasteiger partial charge is 0.0701 e. The van der Waals surface area contributed by atoms with Crippen molar-refractivity contribution in [2.75, 3.05) is 85.6 Å². The van der Waals surface area contributed by atoms with Crippen molar-refractivity contribution in [2.24, 2.45) is 0 Å². The van der Waals surface area contributed by atoms with Crippen LogP contribution in [0.25, 0.3) is 0 Å². The highest BCUT2D eigenvalue weighted by Gasteiger charge is 2.16. The highest BCUT2D eigenvalue weighted by Crippen LogP contribution is 2.16. The number of ether oxygens (including phenoxy) is 4. The van der Waals surface area contributed by atoms with Crippen molar-refractivity contribution in [1.29, 1.82) is 0 Å². The molecule has 0 atom stereocenters. The van der Waals surface area contributed by atoms with E-state index in [-0.39, 0.29) is 0 Å². The van der Waals surface area contributed by atoms with E-state index >= 15 is 0 Å². The first-order valence-corrected chi connectivity index (χ1v) is 12.5. The van der Waals surface area contributed by atoms with Crippen LogP contribution in [-0.4, -0.2) is 95.4 Å². The molecule has 32 heavy (non-hydrogen) atoms. The first-order valence-electron chi connectivity index (χ1n) is 12.5. The fourth-order valence-corrected chi connectivity index (χ4v) is 3.64. The second-order valence-corrected chi connectivity index (χ2v) is 8.82. The van der Waals surface area contributed by atoms with E-state index < -0.39 is 0 Å². The van der Waals surface area contributed by atoms with Crippen LogP contribution < -0.4 is 0 Å². The maximum Gasteiger partial charge on any atom is 0.0701 e. The zero-order chi connectivity index (χ0) is 22.9. The lowest BCUT2D eigenvalue weighted by Gasteiger charge is -2.34. The maximum atomic E-state index is 5.73. The molecule has 2 rings (SSSR count). The molecule has 6 heteroatoms. The number of hydrogen-bond donors (Lipinski definition) is 0. The summed E-state index contributed by atoms with van der Waals surface area (Å²) in [4.78, 5) is 5.05. The lowest BCUT2D eigenvalue weighted by atomic mass is 10.0. The third-order valence-corrected chi connectivity index (χ3v) is 5.83. The van der Waals surface area contributed by atoms with Crippen LogP contribution in [0.3, 0.4) is 0 Å². The molecule has 0 N–H and O–H groups in total. The summed E-state index contributed by atoms with van der Waals surface area (Å²) in [5, 5.41) is 0. The molecule has 0 bridgehead atoms. The molecule has 0 amide bonds. The van der Waals surface area contributed by atoms with E-state index in [1.165, 1.54) is 17.5 Å². The molecule has 1 heterocycles. The number of benzene rings is 1. The number of hydrogen-bond acceptors (Lipinski definition) is 6. The summed E-state index contributed by atoms with van der Waals surface area (Å²) in [6.45, 7) is 18.6. The predicted molar refractivity (Wildman–Crippen MR) is 130 cm³/mol. The second kappa shape index (κ2) is 17.5. The molecule has 6 nitrogen and oxygen atoms in total. The average molecular weight is 451 g/mol. The third-order valence-electron chi connectivity index (χ3n) is 5.83. The van der Waals surface area contributed by atoms with Crippen molar-refractivity contribution in [3.05, 3.63) is 35.4 Å². The van der Waals surface area contributed by atoms with Crippen LogP contribution >= 0.6 is 0 Å². The summed E-state index contributed by atoms with van der Waals surface area (Å²) in [6, 6.07) is 9.11. The molecule has 0 spiro atoms. The van der Waals surface area contributed by atoms with Crippen LogP contribution in [0.15, 0.2) is 24.3 Å². The summed E-state index contributed by atoms with van der Waals surface area (Å²) in [5.41, 5.74) is 2.83. The quantitative estimate of drug-likeness (QED) is 0.317. The van der Waals surface area contributed by atoms with Gasteiger partial charge in [0.2, 0.25) is 0 Å². The zero-order valence-corrected chi connectivity index (χ0v) is 20.7. The molecule has 0 aromatic heterocycles. The first kappa shape index (κ1) is 27.2. The fourth-order valence-electron chi connectivity index (χ4n) is 3.64. The van der Waals surface area contributed by atoms with Crippen LogP contribution in [0.1, 0.15) is 50.7 Å². The van der Waals surface area contributed by atoms with Crippen molar-refractivity contribution >= 4 is 0 Å². The van der Waals surface area contributed by atoms with E-state index in [4.69, 9.17) is 18.9 Å². The lowest BCUT2D eigenvalue weighted by Crippen LogP contribution is -2.46. The van der Waals surface area contributed by atoms with E-state index in [0.29, 0.717) is 45.6 Å². The van der Waals surface area contributed by atoms with Crippen molar-refractivity contribution in [1.82, 2.24) is 9.80 Å². The molecular weight excluding hydrogens is 404 g/mol. The Hall–Kier alpha value is -1.02. The van der Waals surface area contributed by atoms with E-state index in [9.17, 15) is 0 Å². The van der Waals surface area contributed by atoms with Gasteiger partial charge in [0, 0.05) is 45.9 Å². The summed E-state index contributed by atoms with van der Waals surface area (Å²) in [5.74, 6) is 0.598. The van der Waals surface area contributed by atoms with Crippen LogP contribution in [0.2, 0.25) is 0 Å². The third kappa shape index (κ3) is 12.3. The van der Waals surface area contributed by atoms with Gasteiger partial charge in [-0.05, 0) is 23.5 Å². The van der Waals surface area contributed by atoms with Crippen molar-refractivity contribution < 1.29 is 18.9 Å². The van der Waals surface area contributed by atoms with E-state index in [1.807, 2.05) is 0 Å². The number of rotatable bonds is 18. The Labute approximate surface area is 196 Å². The molecule has 1 fully saturated rings. The molecule has 0 aliphatic carbocycles. The van der Waals surface area contributed by atoms with Gasteiger partial charge in [0.25, 0.3) is 0 Å². The molecule has 0 saturated carbocycles. The number of nitrogens with zero attached hydrogens (tertiary/aromatic N) is 2. The number of unbranched alkanes of at least 4 members (excludes halogenated alkanes) is 1. The van der Waals surface area contributed by atoms with E-state index in [2.05, 4.69) is 54.8 Å². The highest BCUT2D eigenvalue weighted by atomic mass is 16.6. The molecule has 184 valence electrons. The Balaban J connectivity index is 1.38. The molecule has 1 aromatic carbocycles. The van der Waals surface area contributed by atoms with E-state index in [1.54, 1.807) is 0 Å². The second-order valence-electron chi connectivity index (χ2n) is 8.82. The Bertz CT molecular complexity index is 559. The lowest BCUT2D eigenvalue weighted by molar-refractivity contribution is -0.00543. The van der Waals surface area contributed by atoms with Gasteiger partial charge in [0.05, 0.1) is 46.2 Å². The Morgan fingerprint density at radius 2 is 1.19 bits per heavy atom. The van der Waals surface area contributed by atoms with Crippen molar-refractivity contribution in [3.8, 4) is 0 Å². The molecule has 1 saturated heterocycles. The first-order chi connectivity index (χ1) is 15.7. The van der Waals surface area contributed by atoms with Gasteiger partial charge in [0.1, 0.15) is 0 Å². The Morgan fingerprint density at radius 3 is 1.72 bits per heavy atom. The minimum atomic E-state index is 0.598. The van der Waals surface area contributed by atoms with Crippen molar-refractivity contribution in [3.63, 3.8) is 0 Å². The summed E-state index contributed by atoms with van der Waals surface area (Å²) in [7, 11) is 0. The predicted octanol–water partition coefficient (Wildman–Crippen LogP) is 3.79. The summed E-state index contributed by atoms with van der Waals surface area (Å²) in [6.07, 6.45) is 2.29. The van der Waals surface area contributed by atoms with Gasteiger partial charge in [-0.1, -0.05) is 51.5 Å². The van der Waals surface area contributed by atoms with E-state index in [0.717, 1.165) is 58.9 Å². The SMILES string of the molecule is CCCCOCCOCCOCCOCCN1CCN(Cc2ccc(C(C)C)cc2)CC1. The summed E-state index contributed by atoms with van der Waals surface area (Å²) >= 11 is 0. The van der Waals surface area contributed by atoms with Gasteiger partial charge in [0.15, 0.2) is 0 Å². The van der Waals surface area contributed by atoms with Crippen LogP contribution in [0, 0.1) is 0 Å². The van der Waals surface area contributed by atoms with Gasteiger partial charge in [-0.3, -0.25) is 9.80 Å². The zero-order valence-electron chi connectivity index (χ0n) is 20.7. The van der Waals surface area contributed by atoms with Crippen LogP contribution in [0.4, 0.5) is 0 Å². The molecule has 1 aromatic rings. The standard InChI is InChI=1S/C26H46N2O4/c1-4-5-15-29-17-19-31-21-22-32-20-18-30-16-14-27-10-12-28(13-11-27)23-25-6-8-26(9-7-25)24(2)3/h6-9,24H,4-5,10-23H2,1-3H3. The number of piperazine rings is 1. The summed E-state index contributed by atoms with van der Waals surface area (Å²) < 4.78 is 22.2. The largest absolute Gasteiger partial charge is 0.379 e. The van der Waals surface area contributed by atoms with Crippen molar-refractivity contribution in [2.45, 2.75) is 46.1 Å². The molecule has 0 radical (unpaired) electrons. The van der Waals surface area contributed by atoms with Gasteiger partial charge in [-0.25, -0.2) is 0 Å². The van der Waals surface area contributed by atoms with Gasteiger partial charge in [-0.15, -0.1) is 0 Å². The minimum Gasteiger partial charge on any atom is -0.379 e. The van der Waals surface area contributed by atoms with Crippen LogP contribution in [-0.2, 0) is 25.5 Å². The van der Waals surface area contributed by atoms with Gasteiger partial charge >= 0.3 is 0 Å². The highest BCUT2D eigenvalue weighted by molar-refractivity contribution is 5.24. The Morgan fingerprint density at radius 1 is 0.688 bits per heavy atom. The average Bonchev–Trinajstić information content (AvgIpc) is 2.81. The molecule has 0 unspecified atom stereocenters. The maximum absolute atomic E-state index is 5.73. The van der Waals surface area contributed by atoms with Gasteiger partial charge in [-0.2, -0.15) is 0 Å². The molecular formula is C26H46N2O4. The van der Waals surface area contributed by atoms with Crippen LogP contribution in [0.5, 0.6) is 0 Å². The Kier molecular flexibility index (Phi) is 14.9. The monoisotopic (exact) mass is 450 g/mol. The fraction of sp³-hybridized carbons (Fsp3) is 0.769. The molecule has 1 aliphatic rings.